The second-order valence-electron chi connectivity index (χ2n) is 4.47. The van der Waals surface area contributed by atoms with Gasteiger partial charge in [0, 0.05) is 0 Å². The van der Waals surface area contributed by atoms with E-state index < -0.39 is 24.7 Å². The predicted molar refractivity (Wildman–Crippen MR) is 66.4 cm³/mol. The van der Waals surface area contributed by atoms with E-state index >= 15 is 0 Å². The van der Waals surface area contributed by atoms with Crippen molar-refractivity contribution >= 4 is 20.0 Å². The topological polar surface area (TPSA) is 77.5 Å². The Labute approximate surface area is 107 Å². The Morgan fingerprint density at radius 2 is 1.67 bits per heavy atom. The molecule has 1 aromatic rings. The number of benzene rings is 1. The van der Waals surface area contributed by atoms with E-state index in [1.165, 1.54) is 12.1 Å². The summed E-state index contributed by atoms with van der Waals surface area (Å²) in [5.74, 6) is 0. The van der Waals surface area contributed by atoms with Crippen molar-refractivity contribution in [1.29, 1.82) is 0 Å². The quantitative estimate of drug-likeness (QED) is 0.755. The highest BCUT2D eigenvalue weighted by atomic mass is 32.2. The Morgan fingerprint density at radius 1 is 1.11 bits per heavy atom. The van der Waals surface area contributed by atoms with Gasteiger partial charge in [0.05, 0.1) is 17.8 Å². The molecule has 0 unspecified atom stereocenters. The van der Waals surface area contributed by atoms with Gasteiger partial charge in [0.1, 0.15) is 4.75 Å². The molecule has 0 amide bonds. The van der Waals surface area contributed by atoms with Gasteiger partial charge in [-0.25, -0.2) is 8.42 Å². The predicted octanol–water partition coefficient (Wildman–Crippen LogP) is 0.969. The zero-order valence-electron chi connectivity index (χ0n) is 9.87. The normalized spacial score (nSPS) is 18.5. The Bertz CT molecular complexity index is 627. The van der Waals surface area contributed by atoms with E-state index in [-0.39, 0.29) is 11.5 Å². The van der Waals surface area contributed by atoms with Crippen LogP contribution in [0, 0.1) is 0 Å². The molecule has 0 radical (unpaired) electrons. The summed E-state index contributed by atoms with van der Waals surface area (Å²) in [7, 11) is -7.16. The molecule has 0 saturated heterocycles. The van der Waals surface area contributed by atoms with Crippen molar-refractivity contribution in [3.05, 3.63) is 30.3 Å². The Hall–Kier alpha value is -0.920. The maximum Gasteiger partial charge on any atom is 0.264 e. The van der Waals surface area contributed by atoms with E-state index in [9.17, 15) is 16.8 Å². The summed E-state index contributed by atoms with van der Waals surface area (Å²) in [6.07, 6.45) is 1.78. The summed E-state index contributed by atoms with van der Waals surface area (Å²) in [6, 6.07) is 8.03. The molecule has 0 aromatic heterocycles. The highest BCUT2D eigenvalue weighted by Crippen LogP contribution is 2.47. The second kappa shape index (κ2) is 4.32. The fourth-order valence-electron chi connectivity index (χ4n) is 1.69. The lowest BCUT2D eigenvalue weighted by molar-refractivity contribution is 0.311. The van der Waals surface area contributed by atoms with Crippen LogP contribution in [0.5, 0.6) is 0 Å². The second-order valence-corrected chi connectivity index (χ2v) is 8.45. The number of hydrogen-bond acceptors (Lipinski definition) is 5. The van der Waals surface area contributed by atoms with Gasteiger partial charge in [0.25, 0.3) is 10.1 Å². The van der Waals surface area contributed by atoms with Gasteiger partial charge in [0.15, 0.2) is 9.84 Å². The van der Waals surface area contributed by atoms with Gasteiger partial charge < -0.3 is 0 Å². The minimum Gasteiger partial charge on any atom is -0.269 e. The van der Waals surface area contributed by atoms with Crippen LogP contribution in [0.4, 0.5) is 0 Å². The Morgan fingerprint density at radius 3 is 2.11 bits per heavy atom. The summed E-state index contributed by atoms with van der Waals surface area (Å²) < 4.78 is 50.2. The maximum atomic E-state index is 12.4. The number of sulfone groups is 1. The zero-order chi connectivity index (χ0) is 13.4. The molecule has 0 bridgehead atoms. The molecule has 18 heavy (non-hydrogen) atoms. The molecule has 1 saturated carbocycles. The van der Waals surface area contributed by atoms with Crippen LogP contribution in [-0.4, -0.2) is 34.4 Å². The largest absolute Gasteiger partial charge is 0.269 e. The molecular weight excluding hydrogens is 276 g/mol. The molecule has 1 fully saturated rings. The van der Waals surface area contributed by atoms with E-state index in [2.05, 4.69) is 4.18 Å². The van der Waals surface area contributed by atoms with Crippen LogP contribution in [0.1, 0.15) is 12.8 Å². The summed E-state index contributed by atoms with van der Waals surface area (Å²) in [5, 5.41) is 0. The lowest BCUT2D eigenvalue weighted by Crippen LogP contribution is -2.30. The van der Waals surface area contributed by atoms with Gasteiger partial charge in [-0.15, -0.1) is 0 Å². The van der Waals surface area contributed by atoms with Crippen LogP contribution in [-0.2, 0) is 24.1 Å². The van der Waals surface area contributed by atoms with Crippen molar-refractivity contribution < 1.29 is 21.0 Å². The first-order valence-corrected chi connectivity index (χ1v) is 8.71. The van der Waals surface area contributed by atoms with Gasteiger partial charge in [0.2, 0.25) is 0 Å². The third-order valence-electron chi connectivity index (χ3n) is 2.97. The van der Waals surface area contributed by atoms with Crippen LogP contribution in [0.25, 0.3) is 0 Å². The third kappa shape index (κ3) is 2.57. The fraction of sp³-hybridized carbons (Fsp3) is 0.455. The molecule has 0 atom stereocenters. The van der Waals surface area contributed by atoms with Crippen molar-refractivity contribution in [2.24, 2.45) is 0 Å². The summed E-state index contributed by atoms with van der Waals surface area (Å²) in [5.41, 5.74) is 0. The van der Waals surface area contributed by atoms with E-state index in [0.29, 0.717) is 12.8 Å². The van der Waals surface area contributed by atoms with Crippen molar-refractivity contribution in [1.82, 2.24) is 0 Å². The van der Waals surface area contributed by atoms with Crippen molar-refractivity contribution in [3.8, 4) is 0 Å². The fourth-order valence-corrected chi connectivity index (χ4v) is 4.08. The summed E-state index contributed by atoms with van der Waals surface area (Å²) >= 11 is 0. The lowest BCUT2D eigenvalue weighted by Gasteiger charge is -2.15. The molecule has 0 aliphatic heterocycles. The molecule has 1 aliphatic rings. The van der Waals surface area contributed by atoms with Crippen LogP contribution in [0.3, 0.4) is 0 Å². The smallest absolute Gasteiger partial charge is 0.264 e. The van der Waals surface area contributed by atoms with Gasteiger partial charge in [-0.2, -0.15) is 8.42 Å². The third-order valence-corrected chi connectivity index (χ3v) is 6.07. The van der Waals surface area contributed by atoms with Crippen LogP contribution < -0.4 is 0 Å². The first-order valence-electron chi connectivity index (χ1n) is 5.41. The van der Waals surface area contributed by atoms with Crippen molar-refractivity contribution in [2.75, 3.05) is 12.9 Å². The van der Waals surface area contributed by atoms with Crippen molar-refractivity contribution in [2.45, 2.75) is 22.5 Å². The van der Waals surface area contributed by atoms with Crippen LogP contribution in [0.15, 0.2) is 35.2 Å². The molecule has 2 rings (SSSR count). The van der Waals surface area contributed by atoms with Crippen LogP contribution in [0.2, 0.25) is 0 Å². The van der Waals surface area contributed by atoms with E-state index in [4.69, 9.17) is 0 Å². The van der Waals surface area contributed by atoms with Crippen LogP contribution >= 0.6 is 0 Å². The van der Waals surface area contributed by atoms with Gasteiger partial charge >= 0.3 is 0 Å². The lowest BCUT2D eigenvalue weighted by atomic mass is 10.4. The highest BCUT2D eigenvalue weighted by Gasteiger charge is 2.55. The number of hydrogen-bond donors (Lipinski definition) is 0. The first-order chi connectivity index (χ1) is 8.27. The molecule has 0 heterocycles. The minimum atomic E-state index is -3.62. The maximum absolute atomic E-state index is 12.4. The van der Waals surface area contributed by atoms with E-state index in [1.807, 2.05) is 0 Å². The SMILES string of the molecule is CS(=O)(=O)OCC1(S(=O)(=O)c2ccccc2)CC1. The Kier molecular flexibility index (Phi) is 3.25. The van der Waals surface area contributed by atoms with E-state index in [0.717, 1.165) is 6.26 Å². The van der Waals surface area contributed by atoms with Gasteiger partial charge in [-0.05, 0) is 25.0 Å². The summed E-state index contributed by atoms with van der Waals surface area (Å²) in [6.45, 7) is -0.303. The minimum absolute atomic E-state index is 0.208. The average molecular weight is 290 g/mol. The molecule has 0 N–H and O–H groups in total. The highest BCUT2D eigenvalue weighted by molar-refractivity contribution is 7.93. The molecule has 100 valence electrons. The van der Waals surface area contributed by atoms with E-state index in [1.54, 1.807) is 18.2 Å². The molecule has 5 nitrogen and oxygen atoms in total. The molecular formula is C11H14O5S2. The molecule has 1 aliphatic carbocycles. The first kappa shape index (κ1) is 13.5. The molecule has 7 heteroatoms. The molecule has 0 spiro atoms. The van der Waals surface area contributed by atoms with Crippen molar-refractivity contribution in [3.63, 3.8) is 0 Å². The summed E-state index contributed by atoms with van der Waals surface area (Å²) in [4.78, 5) is 0.208. The van der Waals surface area contributed by atoms with Gasteiger partial charge in [-0.3, -0.25) is 4.18 Å². The van der Waals surface area contributed by atoms with Gasteiger partial charge in [-0.1, -0.05) is 18.2 Å². The molecule has 1 aromatic carbocycles. The monoisotopic (exact) mass is 290 g/mol. The standard InChI is InChI=1S/C11H14O5S2/c1-17(12,13)16-9-11(7-8-11)18(14,15)10-5-3-2-4-6-10/h2-6H,7-9H2,1H3. The zero-order valence-corrected chi connectivity index (χ0v) is 11.5. The average Bonchev–Trinajstić information content (AvgIpc) is 3.08. The Balaban J connectivity index is 2.26. The number of rotatable bonds is 5.